The molecular formula is C27H36N4O4. The molecule has 1 atom stereocenters. The van der Waals surface area contributed by atoms with Gasteiger partial charge in [-0.1, -0.05) is 12.1 Å². The van der Waals surface area contributed by atoms with E-state index in [0.29, 0.717) is 18.8 Å². The molecule has 1 aliphatic carbocycles. The van der Waals surface area contributed by atoms with E-state index in [-0.39, 0.29) is 35.9 Å². The summed E-state index contributed by atoms with van der Waals surface area (Å²) in [5.74, 6) is 0.105. The molecule has 0 spiro atoms. The number of carbonyl (C=O) groups is 3. The lowest BCUT2D eigenvalue weighted by atomic mass is 10.0. The summed E-state index contributed by atoms with van der Waals surface area (Å²) in [6.07, 6.45) is 5.11. The van der Waals surface area contributed by atoms with E-state index in [4.69, 9.17) is 4.74 Å². The number of likely N-dealkylation sites (tertiary alicyclic amines) is 1. The molecular weight excluding hydrogens is 444 g/mol. The minimum Gasteiger partial charge on any atom is -0.444 e. The quantitative estimate of drug-likeness (QED) is 0.615. The van der Waals surface area contributed by atoms with Gasteiger partial charge in [0.15, 0.2) is 0 Å². The first-order valence-electron chi connectivity index (χ1n) is 12.5. The molecule has 2 fully saturated rings. The molecule has 2 aliphatic rings. The number of benzene rings is 1. The van der Waals surface area contributed by atoms with Crippen molar-refractivity contribution in [1.82, 2.24) is 14.8 Å². The maximum Gasteiger partial charge on any atom is 0.410 e. The normalized spacial score (nSPS) is 17.5. The Labute approximate surface area is 207 Å². The van der Waals surface area contributed by atoms with Gasteiger partial charge in [-0.3, -0.25) is 9.59 Å². The van der Waals surface area contributed by atoms with Crippen LogP contribution in [0.25, 0.3) is 0 Å². The molecule has 1 aliphatic heterocycles. The fourth-order valence-electron chi connectivity index (χ4n) is 4.36. The van der Waals surface area contributed by atoms with Crippen molar-refractivity contribution >= 4 is 23.6 Å². The molecule has 2 N–H and O–H groups in total. The SMILES string of the molecule is CC(NC(=O)c1cccn1C1CCN(C(=O)OC(C)(C)C)CC1)c1ccc(NC(=O)C2CC2)cc1. The van der Waals surface area contributed by atoms with Crippen LogP contribution in [0.1, 0.15) is 81.5 Å². The third-order valence-corrected chi connectivity index (χ3v) is 6.50. The first kappa shape index (κ1) is 24.8. The number of piperidine rings is 1. The van der Waals surface area contributed by atoms with Crippen LogP contribution in [0.2, 0.25) is 0 Å². The molecule has 2 heterocycles. The van der Waals surface area contributed by atoms with Crippen molar-refractivity contribution in [2.24, 2.45) is 5.92 Å². The summed E-state index contributed by atoms with van der Waals surface area (Å²) in [6, 6.07) is 11.3. The highest BCUT2D eigenvalue weighted by molar-refractivity contribution is 5.94. The molecule has 1 saturated carbocycles. The summed E-state index contributed by atoms with van der Waals surface area (Å²) in [6.45, 7) is 8.74. The van der Waals surface area contributed by atoms with Crippen molar-refractivity contribution in [3.05, 3.63) is 53.9 Å². The number of carbonyl (C=O) groups excluding carboxylic acids is 3. The minimum absolute atomic E-state index is 0.0804. The number of rotatable bonds is 6. The number of ether oxygens (including phenoxy) is 1. The van der Waals surface area contributed by atoms with Crippen LogP contribution in [0.3, 0.4) is 0 Å². The second-order valence-corrected chi connectivity index (χ2v) is 10.6. The summed E-state index contributed by atoms with van der Waals surface area (Å²) in [4.78, 5) is 39.1. The predicted octanol–water partition coefficient (Wildman–Crippen LogP) is 4.90. The second kappa shape index (κ2) is 10.1. The molecule has 1 unspecified atom stereocenters. The number of aromatic nitrogens is 1. The van der Waals surface area contributed by atoms with E-state index in [1.807, 2.05) is 74.9 Å². The summed E-state index contributed by atoms with van der Waals surface area (Å²) in [5.41, 5.74) is 1.84. The standard InChI is InChI=1S/C27H36N4O4/c1-18(19-9-11-21(12-10-19)29-24(32)20-7-8-20)28-25(33)23-6-5-15-31(23)22-13-16-30(17-14-22)26(34)35-27(2,3)4/h5-6,9-12,15,18,20,22H,7-8,13-14,16-17H2,1-4H3,(H,28,33)(H,29,32). The highest BCUT2D eigenvalue weighted by atomic mass is 16.6. The lowest BCUT2D eigenvalue weighted by Crippen LogP contribution is -2.42. The Hall–Kier alpha value is -3.29. The smallest absolute Gasteiger partial charge is 0.410 e. The average Bonchev–Trinajstić information content (AvgIpc) is 3.55. The van der Waals surface area contributed by atoms with Gasteiger partial charge in [-0.25, -0.2) is 4.79 Å². The van der Waals surface area contributed by atoms with Crippen LogP contribution in [-0.2, 0) is 9.53 Å². The Morgan fingerprint density at radius 2 is 1.66 bits per heavy atom. The summed E-state index contributed by atoms with van der Waals surface area (Å²) >= 11 is 0. The Morgan fingerprint density at radius 1 is 1.00 bits per heavy atom. The van der Waals surface area contributed by atoms with Gasteiger partial charge in [-0.05, 0) is 83.2 Å². The zero-order valence-electron chi connectivity index (χ0n) is 21.0. The van der Waals surface area contributed by atoms with Crippen molar-refractivity contribution in [3.8, 4) is 0 Å². The van der Waals surface area contributed by atoms with Gasteiger partial charge in [-0.2, -0.15) is 0 Å². The Bertz CT molecular complexity index is 1060. The van der Waals surface area contributed by atoms with Gasteiger partial charge >= 0.3 is 6.09 Å². The number of amides is 3. The molecule has 3 amide bonds. The van der Waals surface area contributed by atoms with Crippen LogP contribution in [0.4, 0.5) is 10.5 Å². The molecule has 0 radical (unpaired) electrons. The Morgan fingerprint density at radius 3 is 2.26 bits per heavy atom. The highest BCUT2D eigenvalue weighted by Gasteiger charge is 2.30. The van der Waals surface area contributed by atoms with Crippen molar-refractivity contribution in [2.75, 3.05) is 18.4 Å². The van der Waals surface area contributed by atoms with Gasteiger partial charge in [0, 0.05) is 36.9 Å². The van der Waals surface area contributed by atoms with Crippen LogP contribution >= 0.6 is 0 Å². The fourth-order valence-corrected chi connectivity index (χ4v) is 4.36. The van der Waals surface area contributed by atoms with Gasteiger partial charge in [0.2, 0.25) is 5.91 Å². The van der Waals surface area contributed by atoms with Crippen LogP contribution in [0.15, 0.2) is 42.6 Å². The number of hydrogen-bond donors (Lipinski definition) is 2. The first-order valence-corrected chi connectivity index (χ1v) is 12.5. The molecule has 8 heteroatoms. The molecule has 4 rings (SSSR count). The van der Waals surface area contributed by atoms with Crippen LogP contribution in [-0.4, -0.2) is 46.1 Å². The van der Waals surface area contributed by atoms with Gasteiger partial charge in [0.25, 0.3) is 5.91 Å². The molecule has 8 nitrogen and oxygen atoms in total. The lowest BCUT2D eigenvalue weighted by molar-refractivity contribution is -0.117. The zero-order valence-corrected chi connectivity index (χ0v) is 21.0. The number of nitrogens with one attached hydrogen (secondary N) is 2. The van der Waals surface area contributed by atoms with Crippen molar-refractivity contribution in [3.63, 3.8) is 0 Å². The summed E-state index contributed by atoms with van der Waals surface area (Å²) < 4.78 is 7.50. The van der Waals surface area contributed by atoms with E-state index in [1.165, 1.54) is 0 Å². The van der Waals surface area contributed by atoms with Gasteiger partial charge in [0.1, 0.15) is 11.3 Å². The molecule has 1 saturated heterocycles. The minimum atomic E-state index is -0.513. The molecule has 1 aromatic heterocycles. The van der Waals surface area contributed by atoms with Crippen molar-refractivity contribution in [1.29, 1.82) is 0 Å². The number of hydrogen-bond acceptors (Lipinski definition) is 4. The monoisotopic (exact) mass is 480 g/mol. The van der Waals surface area contributed by atoms with Crippen molar-refractivity contribution in [2.45, 2.75) is 71.1 Å². The van der Waals surface area contributed by atoms with E-state index < -0.39 is 5.60 Å². The highest BCUT2D eigenvalue weighted by Crippen LogP contribution is 2.30. The lowest BCUT2D eigenvalue weighted by Gasteiger charge is -2.34. The molecule has 1 aromatic carbocycles. The van der Waals surface area contributed by atoms with E-state index in [0.717, 1.165) is 36.9 Å². The Balaban J connectivity index is 1.32. The van der Waals surface area contributed by atoms with Gasteiger partial charge in [-0.15, -0.1) is 0 Å². The van der Waals surface area contributed by atoms with E-state index >= 15 is 0 Å². The first-order chi connectivity index (χ1) is 16.6. The predicted molar refractivity (Wildman–Crippen MR) is 134 cm³/mol. The molecule has 188 valence electrons. The fraction of sp³-hybridized carbons (Fsp3) is 0.519. The summed E-state index contributed by atoms with van der Waals surface area (Å²) in [7, 11) is 0. The van der Waals surface area contributed by atoms with Crippen molar-refractivity contribution < 1.29 is 19.1 Å². The Kier molecular flexibility index (Phi) is 7.19. The van der Waals surface area contributed by atoms with Gasteiger partial charge in [0.05, 0.1) is 6.04 Å². The largest absolute Gasteiger partial charge is 0.444 e. The molecule has 2 aromatic rings. The summed E-state index contributed by atoms with van der Waals surface area (Å²) in [5, 5.41) is 6.02. The van der Waals surface area contributed by atoms with Crippen LogP contribution in [0.5, 0.6) is 0 Å². The van der Waals surface area contributed by atoms with Crippen LogP contribution < -0.4 is 10.6 Å². The second-order valence-electron chi connectivity index (χ2n) is 10.6. The molecule has 0 bridgehead atoms. The average molecular weight is 481 g/mol. The zero-order chi connectivity index (χ0) is 25.2. The maximum atomic E-state index is 13.1. The van der Waals surface area contributed by atoms with E-state index in [2.05, 4.69) is 10.6 Å². The van der Waals surface area contributed by atoms with E-state index in [9.17, 15) is 14.4 Å². The van der Waals surface area contributed by atoms with E-state index in [1.54, 1.807) is 4.90 Å². The number of nitrogens with zero attached hydrogens (tertiary/aromatic N) is 2. The van der Waals surface area contributed by atoms with Crippen LogP contribution in [0, 0.1) is 5.92 Å². The third-order valence-electron chi connectivity index (χ3n) is 6.50. The molecule has 35 heavy (non-hydrogen) atoms. The van der Waals surface area contributed by atoms with Gasteiger partial charge < -0.3 is 24.8 Å². The third kappa shape index (κ3) is 6.44. The topological polar surface area (TPSA) is 92.7 Å². The maximum absolute atomic E-state index is 13.1. The number of anilines is 1.